The van der Waals surface area contributed by atoms with Crippen molar-refractivity contribution in [2.24, 2.45) is 0 Å². The van der Waals surface area contributed by atoms with Crippen LogP contribution in [-0.4, -0.2) is 68.2 Å². The number of carbonyl (C=O) groups excluding carboxylic acids is 1. The monoisotopic (exact) mass is 481 g/mol. The van der Waals surface area contributed by atoms with Gasteiger partial charge in [-0.25, -0.2) is 14.6 Å². The molecule has 2 aromatic rings. The number of hydrogen-bond donors (Lipinski definition) is 1. The van der Waals surface area contributed by atoms with Crippen LogP contribution in [0.5, 0.6) is 0 Å². The molecule has 2 N–H and O–H groups in total. The van der Waals surface area contributed by atoms with Crippen LogP contribution in [0.25, 0.3) is 11.0 Å². The highest BCUT2D eigenvalue weighted by Crippen LogP contribution is 2.29. The molecule has 2 aliphatic rings. The van der Waals surface area contributed by atoms with Crippen molar-refractivity contribution in [3.8, 4) is 0 Å². The molecule has 4 rings (SSSR count). The van der Waals surface area contributed by atoms with Crippen LogP contribution in [0, 0.1) is 3.70 Å². The smallest absolute Gasteiger partial charge is 0.246 e. The molecular formula is C18H24IN7O. The van der Waals surface area contributed by atoms with Gasteiger partial charge in [-0.05, 0) is 48.9 Å². The lowest BCUT2D eigenvalue weighted by molar-refractivity contribution is -0.125. The summed E-state index contributed by atoms with van der Waals surface area (Å²) < 4.78 is 2.70. The SMILES string of the molecule is CN(C/C=C/C(=O)N1CC[C@@H](n2nc(I)c3c(N)ncnc32)C1)C1CCC1. The number of amides is 1. The summed E-state index contributed by atoms with van der Waals surface area (Å²) in [6.07, 6.45) is 9.89. The van der Waals surface area contributed by atoms with Gasteiger partial charge >= 0.3 is 0 Å². The zero-order chi connectivity index (χ0) is 19.0. The van der Waals surface area contributed by atoms with Gasteiger partial charge in [0, 0.05) is 31.8 Å². The number of nitrogen functional groups attached to an aromatic ring is 1. The lowest BCUT2D eigenvalue weighted by Crippen LogP contribution is -2.37. The molecule has 1 aliphatic carbocycles. The third-order valence-corrected chi connectivity index (χ3v) is 6.40. The van der Waals surface area contributed by atoms with Gasteiger partial charge < -0.3 is 10.6 Å². The first-order valence-corrected chi connectivity index (χ1v) is 10.4. The Bertz CT molecular complexity index is 876. The standard InChI is InChI=1S/C18H24IN7O/c1-24(12-4-2-5-12)8-3-6-14(27)25-9-7-13(10-25)26-18-15(16(19)23-26)17(20)21-11-22-18/h3,6,11-13H,2,4-5,7-10H2,1H3,(H2,20,21,22)/b6-3+/t13-/m1/s1. The summed E-state index contributed by atoms with van der Waals surface area (Å²) >= 11 is 2.16. The summed E-state index contributed by atoms with van der Waals surface area (Å²) in [5, 5.41) is 5.40. The van der Waals surface area contributed by atoms with E-state index in [0.717, 1.165) is 34.2 Å². The molecular weight excluding hydrogens is 457 g/mol. The predicted molar refractivity (Wildman–Crippen MR) is 112 cm³/mol. The van der Waals surface area contributed by atoms with Crippen LogP contribution < -0.4 is 5.73 Å². The molecule has 9 heteroatoms. The molecule has 1 saturated carbocycles. The Morgan fingerprint density at radius 2 is 2.22 bits per heavy atom. The maximum Gasteiger partial charge on any atom is 0.246 e. The Kier molecular flexibility index (Phi) is 5.31. The zero-order valence-corrected chi connectivity index (χ0v) is 17.5. The normalized spacial score (nSPS) is 20.9. The Labute approximate surface area is 171 Å². The average Bonchev–Trinajstić information content (AvgIpc) is 3.19. The first-order valence-electron chi connectivity index (χ1n) is 9.34. The topological polar surface area (TPSA) is 93.2 Å². The summed E-state index contributed by atoms with van der Waals surface area (Å²) in [6, 6.07) is 0.797. The molecule has 0 spiro atoms. The van der Waals surface area contributed by atoms with Crippen molar-refractivity contribution in [1.29, 1.82) is 0 Å². The zero-order valence-electron chi connectivity index (χ0n) is 15.4. The maximum atomic E-state index is 12.5. The minimum atomic E-state index is 0.0693. The van der Waals surface area contributed by atoms with Crippen molar-refractivity contribution in [2.45, 2.75) is 37.8 Å². The van der Waals surface area contributed by atoms with Crippen LogP contribution >= 0.6 is 22.6 Å². The molecule has 2 aromatic heterocycles. The van der Waals surface area contributed by atoms with E-state index in [4.69, 9.17) is 5.73 Å². The van der Waals surface area contributed by atoms with E-state index in [9.17, 15) is 4.79 Å². The lowest BCUT2D eigenvalue weighted by atomic mass is 9.92. The number of carbonyl (C=O) groups is 1. The Balaban J connectivity index is 1.40. The van der Waals surface area contributed by atoms with Crippen molar-refractivity contribution in [3.05, 3.63) is 22.2 Å². The van der Waals surface area contributed by atoms with Crippen molar-refractivity contribution in [2.75, 3.05) is 32.4 Å². The molecule has 2 fully saturated rings. The highest BCUT2D eigenvalue weighted by molar-refractivity contribution is 14.1. The molecule has 1 saturated heterocycles. The quantitative estimate of drug-likeness (QED) is 0.518. The molecule has 144 valence electrons. The average molecular weight is 481 g/mol. The summed E-state index contributed by atoms with van der Waals surface area (Å²) in [6.45, 7) is 2.19. The molecule has 0 radical (unpaired) electrons. The number of aromatic nitrogens is 4. The second-order valence-electron chi connectivity index (χ2n) is 7.35. The van der Waals surface area contributed by atoms with Gasteiger partial charge in [-0.15, -0.1) is 0 Å². The largest absolute Gasteiger partial charge is 0.383 e. The molecule has 0 aromatic carbocycles. The number of likely N-dealkylation sites (tertiary alicyclic amines) is 1. The van der Waals surface area contributed by atoms with Crippen LogP contribution in [0.4, 0.5) is 5.82 Å². The number of nitrogens with zero attached hydrogens (tertiary/aromatic N) is 6. The summed E-state index contributed by atoms with van der Waals surface area (Å²) in [4.78, 5) is 25.1. The number of anilines is 1. The van der Waals surface area contributed by atoms with E-state index in [-0.39, 0.29) is 11.9 Å². The van der Waals surface area contributed by atoms with E-state index in [2.05, 4.69) is 49.6 Å². The van der Waals surface area contributed by atoms with Gasteiger partial charge in [-0.2, -0.15) is 5.10 Å². The van der Waals surface area contributed by atoms with E-state index in [1.54, 1.807) is 6.08 Å². The number of rotatable bonds is 5. The van der Waals surface area contributed by atoms with Crippen molar-refractivity contribution < 1.29 is 4.79 Å². The van der Waals surface area contributed by atoms with Crippen molar-refractivity contribution in [1.82, 2.24) is 29.5 Å². The second kappa shape index (κ2) is 7.70. The minimum absolute atomic E-state index is 0.0693. The van der Waals surface area contributed by atoms with Gasteiger partial charge in [0.1, 0.15) is 15.8 Å². The van der Waals surface area contributed by atoms with Crippen molar-refractivity contribution >= 4 is 45.3 Å². The van der Waals surface area contributed by atoms with Crippen molar-refractivity contribution in [3.63, 3.8) is 0 Å². The fraction of sp³-hybridized carbons (Fsp3) is 0.556. The fourth-order valence-corrected chi connectivity index (χ4v) is 4.50. The van der Waals surface area contributed by atoms with Gasteiger partial charge in [-0.1, -0.05) is 12.5 Å². The number of hydrogen-bond acceptors (Lipinski definition) is 6. The number of fused-ring (bicyclic) bond motifs is 1. The Morgan fingerprint density at radius 3 is 2.96 bits per heavy atom. The molecule has 0 bridgehead atoms. The number of nitrogens with two attached hydrogens (primary N) is 1. The molecule has 8 nitrogen and oxygen atoms in total. The molecule has 27 heavy (non-hydrogen) atoms. The lowest BCUT2D eigenvalue weighted by Gasteiger charge is -2.33. The van der Waals surface area contributed by atoms with E-state index < -0.39 is 0 Å². The van der Waals surface area contributed by atoms with Crippen LogP contribution in [0.1, 0.15) is 31.7 Å². The Hall–Kier alpha value is -1.75. The highest BCUT2D eigenvalue weighted by atomic mass is 127. The molecule has 1 amide bonds. The predicted octanol–water partition coefficient (Wildman–Crippen LogP) is 1.83. The van der Waals surface area contributed by atoms with Gasteiger partial charge in [0.15, 0.2) is 5.65 Å². The third-order valence-electron chi connectivity index (χ3n) is 5.65. The van der Waals surface area contributed by atoms with E-state index in [1.165, 1.54) is 25.6 Å². The maximum absolute atomic E-state index is 12.5. The van der Waals surface area contributed by atoms with Gasteiger partial charge in [-0.3, -0.25) is 9.69 Å². The number of halogens is 1. The first kappa shape index (κ1) is 18.6. The van der Waals surface area contributed by atoms with Gasteiger partial charge in [0.2, 0.25) is 5.91 Å². The summed E-state index contributed by atoms with van der Waals surface area (Å²) in [7, 11) is 2.13. The molecule has 3 heterocycles. The van der Waals surface area contributed by atoms with E-state index in [0.29, 0.717) is 18.4 Å². The summed E-state index contributed by atoms with van der Waals surface area (Å²) in [5.74, 6) is 0.514. The molecule has 0 unspecified atom stereocenters. The summed E-state index contributed by atoms with van der Waals surface area (Å²) in [5.41, 5.74) is 6.71. The van der Waals surface area contributed by atoms with E-state index >= 15 is 0 Å². The highest BCUT2D eigenvalue weighted by Gasteiger charge is 2.29. The minimum Gasteiger partial charge on any atom is -0.383 e. The van der Waals surface area contributed by atoms with Gasteiger partial charge in [0.05, 0.1) is 11.4 Å². The molecule has 1 aliphatic heterocycles. The second-order valence-corrected chi connectivity index (χ2v) is 8.37. The van der Waals surface area contributed by atoms with Crippen LogP contribution in [0.2, 0.25) is 0 Å². The van der Waals surface area contributed by atoms with E-state index in [1.807, 2.05) is 15.7 Å². The van der Waals surface area contributed by atoms with Crippen LogP contribution in [0.15, 0.2) is 18.5 Å². The number of likely N-dealkylation sites (N-methyl/N-ethyl adjacent to an activating group) is 1. The van der Waals surface area contributed by atoms with Crippen LogP contribution in [0.3, 0.4) is 0 Å². The van der Waals surface area contributed by atoms with Gasteiger partial charge in [0.25, 0.3) is 0 Å². The fourth-order valence-electron chi connectivity index (χ4n) is 3.75. The Morgan fingerprint density at radius 1 is 1.41 bits per heavy atom. The van der Waals surface area contributed by atoms with Crippen LogP contribution in [-0.2, 0) is 4.79 Å². The third kappa shape index (κ3) is 3.66. The first-order chi connectivity index (χ1) is 13.0. The molecule has 1 atom stereocenters.